The molecular formula is C15H23N3O2. The van der Waals surface area contributed by atoms with Crippen LogP contribution in [0.2, 0.25) is 0 Å². The first-order valence-corrected chi connectivity index (χ1v) is 6.64. The number of carbonyl (C=O) groups is 2. The highest BCUT2D eigenvalue weighted by atomic mass is 16.2. The minimum absolute atomic E-state index is 0.0701. The van der Waals surface area contributed by atoms with Crippen molar-refractivity contribution in [1.82, 2.24) is 5.32 Å². The fourth-order valence-electron chi connectivity index (χ4n) is 1.74. The topological polar surface area (TPSA) is 84.2 Å². The minimum Gasteiger partial charge on any atom is -0.355 e. The van der Waals surface area contributed by atoms with Gasteiger partial charge in [-0.05, 0) is 51.0 Å². The van der Waals surface area contributed by atoms with Gasteiger partial charge in [-0.1, -0.05) is 0 Å². The van der Waals surface area contributed by atoms with Gasteiger partial charge in [0.2, 0.25) is 5.91 Å². The highest BCUT2D eigenvalue weighted by Crippen LogP contribution is 2.17. The van der Waals surface area contributed by atoms with E-state index < -0.39 is 0 Å². The van der Waals surface area contributed by atoms with E-state index in [4.69, 9.17) is 5.73 Å². The zero-order chi connectivity index (χ0) is 15.3. The van der Waals surface area contributed by atoms with Crippen LogP contribution in [-0.4, -0.2) is 24.4 Å². The highest BCUT2D eigenvalue weighted by molar-refractivity contribution is 5.96. The molecule has 110 valence electrons. The fraction of sp³-hybridized carbons (Fsp3) is 0.467. The maximum Gasteiger partial charge on any atom is 0.251 e. The second kappa shape index (κ2) is 6.52. The number of rotatable bonds is 5. The SMILES string of the molecule is CNC(=O)c1ccc(NC(=O)CCC(C)(C)N)c(C)c1. The quantitative estimate of drug-likeness (QED) is 0.767. The number of nitrogens with two attached hydrogens (primary N) is 1. The molecule has 5 heteroatoms. The number of carbonyl (C=O) groups excluding carboxylic acids is 2. The van der Waals surface area contributed by atoms with Crippen LogP contribution in [0.25, 0.3) is 0 Å². The molecule has 4 N–H and O–H groups in total. The molecule has 0 aromatic heterocycles. The standard InChI is InChI=1S/C15H23N3O2/c1-10-9-11(14(20)17-4)5-6-12(10)18-13(19)7-8-15(2,3)16/h5-6,9H,7-8,16H2,1-4H3,(H,17,20)(H,18,19). The molecule has 1 aromatic carbocycles. The number of amides is 2. The molecule has 0 bridgehead atoms. The van der Waals surface area contributed by atoms with Crippen molar-refractivity contribution >= 4 is 17.5 Å². The molecule has 0 fully saturated rings. The van der Waals surface area contributed by atoms with Crippen molar-refractivity contribution in [2.24, 2.45) is 5.73 Å². The average molecular weight is 277 g/mol. The van der Waals surface area contributed by atoms with Gasteiger partial charge in [-0.3, -0.25) is 9.59 Å². The Labute approximate surface area is 119 Å². The van der Waals surface area contributed by atoms with Crippen molar-refractivity contribution in [2.45, 2.75) is 39.2 Å². The summed E-state index contributed by atoms with van der Waals surface area (Å²) in [5.41, 5.74) is 7.65. The van der Waals surface area contributed by atoms with Crippen molar-refractivity contribution < 1.29 is 9.59 Å². The Balaban J connectivity index is 2.69. The molecule has 0 spiro atoms. The van der Waals surface area contributed by atoms with E-state index in [0.29, 0.717) is 18.4 Å². The summed E-state index contributed by atoms with van der Waals surface area (Å²) in [5.74, 6) is -0.213. The van der Waals surface area contributed by atoms with E-state index >= 15 is 0 Å². The Morgan fingerprint density at radius 1 is 1.30 bits per heavy atom. The number of hydrogen-bond donors (Lipinski definition) is 3. The summed E-state index contributed by atoms with van der Waals surface area (Å²) < 4.78 is 0. The van der Waals surface area contributed by atoms with Crippen LogP contribution in [0, 0.1) is 6.92 Å². The minimum atomic E-state index is -0.352. The first-order chi connectivity index (χ1) is 9.23. The number of anilines is 1. The van der Waals surface area contributed by atoms with Gasteiger partial charge in [0.25, 0.3) is 5.91 Å². The lowest BCUT2D eigenvalue weighted by Gasteiger charge is -2.18. The Morgan fingerprint density at radius 3 is 2.45 bits per heavy atom. The molecule has 0 saturated heterocycles. The van der Waals surface area contributed by atoms with Crippen LogP contribution in [-0.2, 0) is 4.79 Å². The predicted molar refractivity (Wildman–Crippen MR) is 80.7 cm³/mol. The van der Waals surface area contributed by atoms with Crippen LogP contribution in [0.15, 0.2) is 18.2 Å². The summed E-state index contributed by atoms with van der Waals surface area (Å²) in [5, 5.41) is 5.41. The van der Waals surface area contributed by atoms with E-state index in [1.54, 1.807) is 25.2 Å². The van der Waals surface area contributed by atoms with Gasteiger partial charge in [-0.2, -0.15) is 0 Å². The number of hydrogen-bond acceptors (Lipinski definition) is 3. The van der Waals surface area contributed by atoms with E-state index in [0.717, 1.165) is 11.3 Å². The van der Waals surface area contributed by atoms with E-state index in [2.05, 4.69) is 10.6 Å². The van der Waals surface area contributed by atoms with Gasteiger partial charge >= 0.3 is 0 Å². The van der Waals surface area contributed by atoms with Crippen molar-refractivity contribution in [3.8, 4) is 0 Å². The second-order valence-electron chi connectivity index (χ2n) is 5.65. The van der Waals surface area contributed by atoms with E-state index in [1.165, 1.54) is 0 Å². The molecule has 0 atom stereocenters. The highest BCUT2D eigenvalue weighted by Gasteiger charge is 2.14. The summed E-state index contributed by atoms with van der Waals surface area (Å²) in [6, 6.07) is 5.18. The predicted octanol–water partition coefficient (Wildman–Crippen LogP) is 1.81. The van der Waals surface area contributed by atoms with Crippen molar-refractivity contribution in [2.75, 3.05) is 12.4 Å². The van der Waals surface area contributed by atoms with E-state index in [-0.39, 0.29) is 17.4 Å². The number of nitrogens with one attached hydrogen (secondary N) is 2. The number of aryl methyl sites for hydroxylation is 1. The average Bonchev–Trinajstić information content (AvgIpc) is 2.37. The molecule has 1 aromatic rings. The van der Waals surface area contributed by atoms with Crippen molar-refractivity contribution in [3.05, 3.63) is 29.3 Å². The summed E-state index contributed by atoms with van der Waals surface area (Å²) in [6.07, 6.45) is 0.994. The normalized spacial score (nSPS) is 11.1. The van der Waals surface area contributed by atoms with Crippen LogP contribution in [0.1, 0.15) is 42.6 Å². The first-order valence-electron chi connectivity index (χ1n) is 6.64. The molecule has 0 aliphatic rings. The van der Waals surface area contributed by atoms with Crippen LogP contribution >= 0.6 is 0 Å². The molecule has 5 nitrogen and oxygen atoms in total. The molecule has 0 saturated carbocycles. The third-order valence-corrected chi connectivity index (χ3v) is 2.99. The Hall–Kier alpha value is -1.88. The lowest BCUT2D eigenvalue weighted by atomic mass is 10.00. The van der Waals surface area contributed by atoms with Crippen molar-refractivity contribution in [1.29, 1.82) is 0 Å². The van der Waals surface area contributed by atoms with Gasteiger partial charge in [0.1, 0.15) is 0 Å². The smallest absolute Gasteiger partial charge is 0.251 e. The molecule has 2 amide bonds. The number of benzene rings is 1. The Morgan fingerprint density at radius 2 is 1.95 bits per heavy atom. The Bertz CT molecular complexity index is 504. The third kappa shape index (κ3) is 5.01. The van der Waals surface area contributed by atoms with Gasteiger partial charge in [0.15, 0.2) is 0 Å². The second-order valence-corrected chi connectivity index (χ2v) is 5.65. The molecule has 0 heterocycles. The lowest BCUT2D eigenvalue weighted by Crippen LogP contribution is -2.33. The molecule has 1 rings (SSSR count). The summed E-state index contributed by atoms with van der Waals surface area (Å²) in [7, 11) is 1.59. The molecule has 0 aliphatic heterocycles. The summed E-state index contributed by atoms with van der Waals surface area (Å²) >= 11 is 0. The van der Waals surface area contributed by atoms with Gasteiger partial charge in [-0.15, -0.1) is 0 Å². The molecule has 0 aliphatic carbocycles. The van der Waals surface area contributed by atoms with Gasteiger partial charge in [0.05, 0.1) is 0 Å². The fourth-order valence-corrected chi connectivity index (χ4v) is 1.74. The molecular weight excluding hydrogens is 254 g/mol. The van der Waals surface area contributed by atoms with Crippen LogP contribution < -0.4 is 16.4 Å². The molecule has 20 heavy (non-hydrogen) atoms. The van der Waals surface area contributed by atoms with Gasteiger partial charge in [-0.25, -0.2) is 0 Å². The zero-order valence-corrected chi connectivity index (χ0v) is 12.5. The zero-order valence-electron chi connectivity index (χ0n) is 12.5. The van der Waals surface area contributed by atoms with Gasteiger partial charge in [0, 0.05) is 30.3 Å². The summed E-state index contributed by atoms with van der Waals surface area (Å²) in [6.45, 7) is 5.64. The van der Waals surface area contributed by atoms with Crippen LogP contribution in [0.3, 0.4) is 0 Å². The van der Waals surface area contributed by atoms with Crippen molar-refractivity contribution in [3.63, 3.8) is 0 Å². The molecule has 0 radical (unpaired) electrons. The van der Waals surface area contributed by atoms with Crippen LogP contribution in [0.5, 0.6) is 0 Å². The Kier molecular flexibility index (Phi) is 5.27. The first kappa shape index (κ1) is 16.2. The lowest BCUT2D eigenvalue weighted by molar-refractivity contribution is -0.116. The molecule has 0 unspecified atom stereocenters. The maximum atomic E-state index is 11.8. The maximum absolute atomic E-state index is 11.8. The van der Waals surface area contributed by atoms with E-state index in [9.17, 15) is 9.59 Å². The summed E-state index contributed by atoms with van der Waals surface area (Å²) in [4.78, 5) is 23.3. The van der Waals surface area contributed by atoms with E-state index in [1.807, 2.05) is 20.8 Å². The van der Waals surface area contributed by atoms with Gasteiger partial charge < -0.3 is 16.4 Å². The monoisotopic (exact) mass is 277 g/mol. The third-order valence-electron chi connectivity index (χ3n) is 2.99. The largest absolute Gasteiger partial charge is 0.355 e. The van der Waals surface area contributed by atoms with Crippen LogP contribution in [0.4, 0.5) is 5.69 Å².